The van der Waals surface area contributed by atoms with Gasteiger partial charge in [0.2, 0.25) is 15.9 Å². The second-order valence-electron chi connectivity index (χ2n) is 6.06. The van der Waals surface area contributed by atoms with Crippen molar-refractivity contribution in [2.75, 3.05) is 11.6 Å². The van der Waals surface area contributed by atoms with Crippen LogP contribution in [0.15, 0.2) is 42.5 Å². The first kappa shape index (κ1) is 19.4. The molecule has 0 fully saturated rings. The summed E-state index contributed by atoms with van der Waals surface area (Å²) in [4.78, 5) is 12.4. The molecule has 2 aromatic rings. The van der Waals surface area contributed by atoms with Crippen molar-refractivity contribution >= 4 is 33.2 Å². The number of hydrogen-bond donors (Lipinski definition) is 2. The maximum atomic E-state index is 12.4. The van der Waals surface area contributed by atoms with Crippen molar-refractivity contribution < 1.29 is 13.2 Å². The molecule has 0 aliphatic rings. The van der Waals surface area contributed by atoms with Crippen molar-refractivity contribution in [1.82, 2.24) is 4.72 Å². The number of benzene rings is 2. The van der Waals surface area contributed by atoms with Crippen LogP contribution in [0.25, 0.3) is 0 Å². The molecule has 0 aromatic heterocycles. The van der Waals surface area contributed by atoms with Gasteiger partial charge in [0.25, 0.3) is 0 Å². The standard InChI is InChI=1S/C18H21ClN2O3S/c1-12-4-5-13(2)16(10-12)20-18(22)11-17(21-25(3,23)24)14-6-8-15(19)9-7-14/h4-10,17,21H,11H2,1-3H3,(H,20,22). The largest absolute Gasteiger partial charge is 0.326 e. The lowest BCUT2D eigenvalue weighted by atomic mass is 10.0. The third-order valence-corrected chi connectivity index (χ3v) is 4.65. The summed E-state index contributed by atoms with van der Waals surface area (Å²) in [5.41, 5.74) is 3.37. The first-order chi connectivity index (χ1) is 11.6. The summed E-state index contributed by atoms with van der Waals surface area (Å²) in [6, 6.07) is 11.8. The van der Waals surface area contributed by atoms with Crippen LogP contribution in [0.2, 0.25) is 5.02 Å². The average molecular weight is 381 g/mol. The van der Waals surface area contributed by atoms with Crippen LogP contribution in [-0.2, 0) is 14.8 Å². The van der Waals surface area contributed by atoms with Crippen LogP contribution in [-0.4, -0.2) is 20.6 Å². The van der Waals surface area contributed by atoms with E-state index < -0.39 is 16.1 Å². The number of amides is 1. The number of nitrogens with one attached hydrogen (secondary N) is 2. The predicted octanol–water partition coefficient (Wildman–Crippen LogP) is 3.58. The minimum Gasteiger partial charge on any atom is -0.326 e. The van der Waals surface area contributed by atoms with E-state index in [2.05, 4.69) is 10.0 Å². The number of carbonyl (C=O) groups excluding carboxylic acids is 1. The molecule has 25 heavy (non-hydrogen) atoms. The van der Waals surface area contributed by atoms with Gasteiger partial charge in [-0.3, -0.25) is 4.79 Å². The Morgan fingerprint density at radius 2 is 1.76 bits per heavy atom. The highest BCUT2D eigenvalue weighted by atomic mass is 35.5. The van der Waals surface area contributed by atoms with Crippen LogP contribution in [0.3, 0.4) is 0 Å². The molecule has 1 atom stereocenters. The topological polar surface area (TPSA) is 75.3 Å². The van der Waals surface area contributed by atoms with Gasteiger partial charge in [-0.05, 0) is 48.7 Å². The minimum absolute atomic E-state index is 0.0257. The SMILES string of the molecule is Cc1ccc(C)c(NC(=O)CC(NS(C)(=O)=O)c2ccc(Cl)cc2)c1. The fraction of sp³-hybridized carbons (Fsp3) is 0.278. The van der Waals surface area contributed by atoms with Gasteiger partial charge in [0.15, 0.2) is 0 Å². The Morgan fingerprint density at radius 3 is 2.36 bits per heavy atom. The fourth-order valence-electron chi connectivity index (χ4n) is 2.44. The van der Waals surface area contributed by atoms with E-state index in [-0.39, 0.29) is 12.3 Å². The summed E-state index contributed by atoms with van der Waals surface area (Å²) in [5.74, 6) is -0.273. The van der Waals surface area contributed by atoms with Gasteiger partial charge in [-0.25, -0.2) is 13.1 Å². The Kier molecular flexibility index (Phi) is 6.21. The molecule has 5 nitrogen and oxygen atoms in total. The summed E-state index contributed by atoms with van der Waals surface area (Å²) in [5, 5.41) is 3.39. The Morgan fingerprint density at radius 1 is 1.12 bits per heavy atom. The minimum atomic E-state index is -3.48. The molecule has 0 saturated heterocycles. The number of halogens is 1. The molecule has 0 radical (unpaired) electrons. The van der Waals surface area contributed by atoms with E-state index in [1.54, 1.807) is 24.3 Å². The molecule has 1 unspecified atom stereocenters. The Balaban J connectivity index is 2.19. The smallest absolute Gasteiger partial charge is 0.226 e. The average Bonchev–Trinajstić information content (AvgIpc) is 2.49. The maximum Gasteiger partial charge on any atom is 0.226 e. The Hall–Kier alpha value is -1.89. The van der Waals surface area contributed by atoms with Crippen molar-refractivity contribution in [3.8, 4) is 0 Å². The summed E-state index contributed by atoms with van der Waals surface area (Å²) in [7, 11) is -3.48. The molecule has 2 aromatic carbocycles. The van der Waals surface area contributed by atoms with Gasteiger partial charge in [0, 0.05) is 17.1 Å². The van der Waals surface area contributed by atoms with Crippen molar-refractivity contribution in [3.05, 3.63) is 64.2 Å². The number of rotatable bonds is 6. The van der Waals surface area contributed by atoms with Crippen molar-refractivity contribution in [3.63, 3.8) is 0 Å². The van der Waals surface area contributed by atoms with E-state index in [0.717, 1.165) is 23.1 Å². The summed E-state index contributed by atoms with van der Waals surface area (Å²) in [6.07, 6.45) is 1.04. The Bertz CT molecular complexity index is 864. The zero-order valence-electron chi connectivity index (χ0n) is 14.3. The lowest BCUT2D eigenvalue weighted by Gasteiger charge is -2.18. The molecule has 0 spiro atoms. The monoisotopic (exact) mass is 380 g/mol. The highest BCUT2D eigenvalue weighted by Gasteiger charge is 2.20. The summed E-state index contributed by atoms with van der Waals surface area (Å²) in [6.45, 7) is 3.84. The fourth-order valence-corrected chi connectivity index (χ4v) is 3.30. The normalized spacial score (nSPS) is 12.6. The third kappa shape index (κ3) is 6.16. The van der Waals surface area contributed by atoms with Gasteiger partial charge in [0.1, 0.15) is 0 Å². The summed E-state index contributed by atoms with van der Waals surface area (Å²) >= 11 is 5.88. The second kappa shape index (κ2) is 7.99. The molecule has 0 heterocycles. The second-order valence-corrected chi connectivity index (χ2v) is 8.28. The van der Waals surface area contributed by atoms with E-state index in [1.807, 2.05) is 32.0 Å². The molecule has 7 heteroatoms. The zero-order valence-corrected chi connectivity index (χ0v) is 15.9. The molecule has 1 amide bonds. The first-order valence-corrected chi connectivity index (χ1v) is 10.0. The number of carbonyl (C=O) groups is 1. The summed E-state index contributed by atoms with van der Waals surface area (Å²) < 4.78 is 25.8. The molecule has 0 saturated carbocycles. The molecular weight excluding hydrogens is 360 g/mol. The molecule has 2 N–H and O–H groups in total. The predicted molar refractivity (Wildman–Crippen MR) is 101 cm³/mol. The number of aryl methyl sites for hydroxylation is 2. The number of anilines is 1. The van der Waals surface area contributed by atoms with Crippen LogP contribution in [0, 0.1) is 13.8 Å². The molecule has 2 rings (SSSR count). The van der Waals surface area contributed by atoms with E-state index >= 15 is 0 Å². The third-order valence-electron chi connectivity index (χ3n) is 3.69. The highest BCUT2D eigenvalue weighted by molar-refractivity contribution is 7.88. The van der Waals surface area contributed by atoms with E-state index in [4.69, 9.17) is 11.6 Å². The number of sulfonamides is 1. The van der Waals surface area contributed by atoms with Crippen LogP contribution in [0.1, 0.15) is 29.2 Å². The lowest BCUT2D eigenvalue weighted by Crippen LogP contribution is -2.30. The molecule has 0 aliphatic heterocycles. The van der Waals surface area contributed by atoms with Crippen molar-refractivity contribution in [2.24, 2.45) is 0 Å². The van der Waals surface area contributed by atoms with Crippen LogP contribution in [0.5, 0.6) is 0 Å². The van der Waals surface area contributed by atoms with Gasteiger partial charge in [-0.1, -0.05) is 35.9 Å². The Labute approximate surface area is 153 Å². The van der Waals surface area contributed by atoms with E-state index in [9.17, 15) is 13.2 Å². The van der Waals surface area contributed by atoms with E-state index in [1.165, 1.54) is 0 Å². The molecule has 0 bridgehead atoms. The first-order valence-electron chi connectivity index (χ1n) is 7.74. The van der Waals surface area contributed by atoms with Gasteiger partial charge in [-0.15, -0.1) is 0 Å². The van der Waals surface area contributed by atoms with Crippen LogP contribution < -0.4 is 10.0 Å². The van der Waals surface area contributed by atoms with Crippen molar-refractivity contribution in [1.29, 1.82) is 0 Å². The van der Waals surface area contributed by atoms with Crippen molar-refractivity contribution in [2.45, 2.75) is 26.3 Å². The zero-order chi connectivity index (χ0) is 18.6. The highest BCUT2D eigenvalue weighted by Crippen LogP contribution is 2.22. The van der Waals surface area contributed by atoms with Gasteiger partial charge in [0.05, 0.1) is 12.3 Å². The molecule has 0 aliphatic carbocycles. The van der Waals surface area contributed by atoms with Gasteiger partial charge >= 0.3 is 0 Å². The quantitative estimate of drug-likeness (QED) is 0.804. The maximum absolute atomic E-state index is 12.4. The van der Waals surface area contributed by atoms with Crippen LogP contribution >= 0.6 is 11.6 Å². The molecule has 134 valence electrons. The van der Waals surface area contributed by atoms with Gasteiger partial charge < -0.3 is 5.32 Å². The number of hydrogen-bond acceptors (Lipinski definition) is 3. The van der Waals surface area contributed by atoms with Gasteiger partial charge in [-0.2, -0.15) is 0 Å². The van der Waals surface area contributed by atoms with E-state index in [0.29, 0.717) is 10.6 Å². The lowest BCUT2D eigenvalue weighted by molar-refractivity contribution is -0.116. The molecular formula is C18H21ClN2O3S. The van der Waals surface area contributed by atoms with Crippen LogP contribution in [0.4, 0.5) is 5.69 Å².